The van der Waals surface area contributed by atoms with Crippen LogP contribution < -0.4 is 0 Å². The third-order valence-corrected chi connectivity index (χ3v) is 2.43. The highest BCUT2D eigenvalue weighted by molar-refractivity contribution is 9.10. The van der Waals surface area contributed by atoms with Gasteiger partial charge in [-0.1, -0.05) is 0 Å². The van der Waals surface area contributed by atoms with Crippen LogP contribution in [0.25, 0.3) is 10.8 Å². The Labute approximate surface area is 81.5 Å². The Balaban J connectivity index is 2.97. The van der Waals surface area contributed by atoms with Gasteiger partial charge in [0.15, 0.2) is 11.6 Å². The molecule has 4 heteroatoms. The maximum absolute atomic E-state index is 13.2. The van der Waals surface area contributed by atoms with Crippen LogP contribution in [0.15, 0.2) is 29.0 Å². The molecule has 0 unspecified atom stereocenters. The number of aromatic nitrogens is 1. The normalized spacial score (nSPS) is 10.7. The molecule has 0 saturated heterocycles. The van der Waals surface area contributed by atoms with E-state index in [1.54, 1.807) is 0 Å². The van der Waals surface area contributed by atoms with E-state index in [1.165, 1.54) is 18.5 Å². The van der Waals surface area contributed by atoms with Crippen molar-refractivity contribution in [3.8, 4) is 0 Å². The molecule has 0 N–H and O–H groups in total. The number of fused-ring (bicyclic) bond motifs is 1. The number of nitrogens with zero attached hydrogens (tertiary/aromatic N) is 1. The van der Waals surface area contributed by atoms with Crippen molar-refractivity contribution in [3.63, 3.8) is 0 Å². The van der Waals surface area contributed by atoms with E-state index in [0.717, 1.165) is 6.07 Å². The highest BCUT2D eigenvalue weighted by Gasteiger charge is 2.09. The molecule has 0 fully saturated rings. The predicted molar refractivity (Wildman–Crippen MR) is 49.4 cm³/mol. The summed E-state index contributed by atoms with van der Waals surface area (Å²) in [6, 6.07) is 2.54. The first-order valence-corrected chi connectivity index (χ1v) is 4.36. The lowest BCUT2D eigenvalue weighted by molar-refractivity contribution is 0.516. The second-order valence-corrected chi connectivity index (χ2v) is 3.43. The van der Waals surface area contributed by atoms with E-state index >= 15 is 0 Å². The summed E-state index contributed by atoms with van der Waals surface area (Å²) in [5.41, 5.74) is 0. The first-order chi connectivity index (χ1) is 6.20. The molecule has 0 atom stereocenters. The molecule has 0 radical (unpaired) electrons. The molecule has 13 heavy (non-hydrogen) atoms. The minimum Gasteiger partial charge on any atom is -0.264 e. The van der Waals surface area contributed by atoms with Gasteiger partial charge in [0, 0.05) is 27.6 Å². The summed E-state index contributed by atoms with van der Waals surface area (Å²) in [6.07, 6.45) is 2.92. The number of halogens is 3. The molecule has 1 aromatic carbocycles. The predicted octanol–water partition coefficient (Wildman–Crippen LogP) is 3.28. The fraction of sp³-hybridized carbons (Fsp3) is 0. The Kier molecular flexibility index (Phi) is 2.00. The highest BCUT2D eigenvalue weighted by atomic mass is 79.9. The van der Waals surface area contributed by atoms with Crippen molar-refractivity contribution >= 4 is 26.7 Å². The van der Waals surface area contributed by atoms with Gasteiger partial charge in [-0.2, -0.15) is 0 Å². The van der Waals surface area contributed by atoms with Crippen LogP contribution in [0, 0.1) is 11.6 Å². The van der Waals surface area contributed by atoms with E-state index in [4.69, 9.17) is 0 Å². The van der Waals surface area contributed by atoms with Crippen LogP contribution in [0.2, 0.25) is 0 Å². The van der Waals surface area contributed by atoms with Gasteiger partial charge in [0.05, 0.1) is 0 Å². The molecule has 1 heterocycles. The molecule has 66 valence electrons. The number of rotatable bonds is 0. The lowest BCUT2D eigenvalue weighted by Gasteiger charge is -2.01. The molecule has 0 amide bonds. The van der Waals surface area contributed by atoms with Gasteiger partial charge >= 0.3 is 0 Å². The zero-order chi connectivity index (χ0) is 9.42. The quantitative estimate of drug-likeness (QED) is 0.648. The first kappa shape index (κ1) is 8.56. The van der Waals surface area contributed by atoms with Crippen molar-refractivity contribution in [2.75, 3.05) is 0 Å². The van der Waals surface area contributed by atoms with Crippen LogP contribution in [0.5, 0.6) is 0 Å². The maximum Gasteiger partial charge on any atom is 0.166 e. The summed E-state index contributed by atoms with van der Waals surface area (Å²) in [5.74, 6) is -1.69. The van der Waals surface area contributed by atoms with Crippen molar-refractivity contribution in [3.05, 3.63) is 40.6 Å². The standard InChI is InChI=1S/C9H4BrF2N/c10-7-3-8(11)9(12)5-1-2-13-4-6(5)7/h1-4H. The van der Waals surface area contributed by atoms with Gasteiger partial charge in [0.2, 0.25) is 0 Å². The molecule has 0 aliphatic heterocycles. The number of pyridine rings is 1. The molecule has 1 nitrogen and oxygen atoms in total. The van der Waals surface area contributed by atoms with Crippen LogP contribution in [-0.2, 0) is 0 Å². The molecule has 2 rings (SSSR count). The second-order valence-electron chi connectivity index (χ2n) is 2.58. The van der Waals surface area contributed by atoms with Crippen molar-refractivity contribution in [2.24, 2.45) is 0 Å². The first-order valence-electron chi connectivity index (χ1n) is 3.57. The molecule has 0 bridgehead atoms. The molecule has 0 saturated carbocycles. The summed E-state index contributed by atoms with van der Waals surface area (Å²) in [4.78, 5) is 3.83. The minimum absolute atomic E-state index is 0.238. The van der Waals surface area contributed by atoms with Crippen LogP contribution in [0.1, 0.15) is 0 Å². The van der Waals surface area contributed by atoms with E-state index < -0.39 is 11.6 Å². The summed E-state index contributed by atoms with van der Waals surface area (Å²) in [6.45, 7) is 0. The fourth-order valence-electron chi connectivity index (χ4n) is 1.16. The van der Waals surface area contributed by atoms with Gasteiger partial charge in [-0.3, -0.25) is 4.98 Å². The Hall–Kier alpha value is -1.03. The van der Waals surface area contributed by atoms with Crippen molar-refractivity contribution in [1.29, 1.82) is 0 Å². The fourth-order valence-corrected chi connectivity index (χ4v) is 1.67. The molecule has 1 aromatic heterocycles. The van der Waals surface area contributed by atoms with Gasteiger partial charge in [0.1, 0.15) is 0 Å². The lowest BCUT2D eigenvalue weighted by atomic mass is 10.1. The van der Waals surface area contributed by atoms with Gasteiger partial charge in [-0.15, -0.1) is 0 Å². The topological polar surface area (TPSA) is 12.9 Å². The van der Waals surface area contributed by atoms with Crippen molar-refractivity contribution in [1.82, 2.24) is 4.98 Å². The molecule has 0 spiro atoms. The average Bonchev–Trinajstić information content (AvgIpc) is 2.15. The summed E-state index contributed by atoms with van der Waals surface area (Å²) < 4.78 is 26.5. The monoisotopic (exact) mass is 243 g/mol. The summed E-state index contributed by atoms with van der Waals surface area (Å²) in [5, 5.41) is 0.809. The smallest absolute Gasteiger partial charge is 0.166 e. The van der Waals surface area contributed by atoms with Gasteiger partial charge in [-0.05, 0) is 28.1 Å². The Bertz CT molecular complexity index is 470. The maximum atomic E-state index is 13.2. The number of hydrogen-bond acceptors (Lipinski definition) is 1. The molecule has 0 aliphatic rings. The SMILES string of the molecule is Fc1cc(Br)c2cnccc2c1F. The second kappa shape index (κ2) is 3.03. The van der Waals surface area contributed by atoms with Crippen LogP contribution >= 0.6 is 15.9 Å². The largest absolute Gasteiger partial charge is 0.264 e. The highest BCUT2D eigenvalue weighted by Crippen LogP contribution is 2.27. The van der Waals surface area contributed by atoms with Crippen molar-refractivity contribution < 1.29 is 8.78 Å². The average molecular weight is 244 g/mol. The van der Waals surface area contributed by atoms with Crippen LogP contribution in [0.3, 0.4) is 0 Å². The third kappa shape index (κ3) is 1.31. The van der Waals surface area contributed by atoms with E-state index in [-0.39, 0.29) is 5.39 Å². The minimum atomic E-state index is -0.856. The molecular formula is C9H4BrF2N. The number of benzene rings is 1. The lowest BCUT2D eigenvalue weighted by Crippen LogP contribution is -1.88. The van der Waals surface area contributed by atoms with E-state index in [1.807, 2.05) is 0 Å². The Morgan fingerprint density at radius 1 is 1.23 bits per heavy atom. The zero-order valence-corrected chi connectivity index (χ0v) is 7.98. The van der Waals surface area contributed by atoms with E-state index in [9.17, 15) is 8.78 Å². The summed E-state index contributed by atoms with van der Waals surface area (Å²) in [7, 11) is 0. The zero-order valence-electron chi connectivity index (χ0n) is 6.39. The third-order valence-electron chi connectivity index (χ3n) is 1.78. The molecule has 0 aliphatic carbocycles. The molecule has 2 aromatic rings. The van der Waals surface area contributed by atoms with Crippen LogP contribution in [0.4, 0.5) is 8.78 Å². The molecular weight excluding hydrogens is 240 g/mol. The van der Waals surface area contributed by atoms with Gasteiger partial charge in [-0.25, -0.2) is 8.78 Å². The Morgan fingerprint density at radius 3 is 2.77 bits per heavy atom. The van der Waals surface area contributed by atoms with E-state index in [2.05, 4.69) is 20.9 Å². The Morgan fingerprint density at radius 2 is 2.00 bits per heavy atom. The number of hydrogen-bond donors (Lipinski definition) is 0. The van der Waals surface area contributed by atoms with Gasteiger partial charge < -0.3 is 0 Å². The van der Waals surface area contributed by atoms with Crippen molar-refractivity contribution in [2.45, 2.75) is 0 Å². The van der Waals surface area contributed by atoms with E-state index in [0.29, 0.717) is 9.86 Å². The van der Waals surface area contributed by atoms with Gasteiger partial charge in [0.25, 0.3) is 0 Å². The summed E-state index contributed by atoms with van der Waals surface area (Å²) >= 11 is 3.14. The van der Waals surface area contributed by atoms with Crippen LogP contribution in [-0.4, -0.2) is 4.98 Å².